The number of amides is 2. The van der Waals surface area contributed by atoms with E-state index in [4.69, 9.17) is 18.9 Å². The van der Waals surface area contributed by atoms with Gasteiger partial charge in [0.1, 0.15) is 0 Å². The largest absolute Gasteiger partial charge is 0.493 e. The Labute approximate surface area is 251 Å². The summed E-state index contributed by atoms with van der Waals surface area (Å²) in [7, 11) is 3.16. The number of nitrogens with zero attached hydrogens (tertiary/aromatic N) is 3. The summed E-state index contributed by atoms with van der Waals surface area (Å²) in [6.07, 6.45) is 9.87. The monoisotopic (exact) mass is 586 g/mol. The highest BCUT2D eigenvalue weighted by Gasteiger charge is 2.34. The zero-order valence-corrected chi connectivity index (χ0v) is 25.1. The van der Waals surface area contributed by atoms with E-state index >= 15 is 0 Å². The van der Waals surface area contributed by atoms with Crippen molar-refractivity contribution in [2.75, 3.05) is 39.3 Å². The highest BCUT2D eigenvalue weighted by Crippen LogP contribution is 2.39. The van der Waals surface area contributed by atoms with E-state index in [1.54, 1.807) is 37.3 Å². The van der Waals surface area contributed by atoms with Gasteiger partial charge < -0.3 is 34.1 Å². The van der Waals surface area contributed by atoms with Gasteiger partial charge in [0.05, 0.1) is 62.0 Å². The van der Waals surface area contributed by atoms with Gasteiger partial charge in [-0.2, -0.15) is 0 Å². The SMILES string of the molecule is COc1cc2c(cc1OCCCCCOc1cc3c(cc1OC)C(=O)N1C=C(C)C[C@H]1CN3)N=C[C@@H]1CC(C)=CN1C2=O. The number of carbonyl (C=O) groups excluding carboxylic acids is 2. The fourth-order valence-corrected chi connectivity index (χ4v) is 6.08. The molecule has 226 valence electrons. The quantitative estimate of drug-likeness (QED) is 0.356. The normalized spacial score (nSPS) is 20.2. The number of rotatable bonds is 10. The second-order valence-electron chi connectivity index (χ2n) is 11.5. The second-order valence-corrected chi connectivity index (χ2v) is 11.5. The van der Waals surface area contributed by atoms with Crippen molar-refractivity contribution in [1.82, 2.24) is 9.80 Å². The van der Waals surface area contributed by atoms with Gasteiger partial charge in [-0.1, -0.05) is 11.1 Å². The topological polar surface area (TPSA) is 102 Å². The van der Waals surface area contributed by atoms with Crippen LogP contribution in [0.15, 0.2) is 52.8 Å². The van der Waals surface area contributed by atoms with E-state index in [0.29, 0.717) is 59.6 Å². The Kier molecular flexibility index (Phi) is 8.01. The summed E-state index contributed by atoms with van der Waals surface area (Å²) in [6.45, 7) is 5.75. The van der Waals surface area contributed by atoms with E-state index in [2.05, 4.69) is 17.2 Å². The van der Waals surface area contributed by atoms with Gasteiger partial charge in [0.15, 0.2) is 23.0 Å². The first-order valence-corrected chi connectivity index (χ1v) is 14.8. The minimum Gasteiger partial charge on any atom is -0.493 e. The first-order chi connectivity index (χ1) is 20.9. The summed E-state index contributed by atoms with van der Waals surface area (Å²) in [6, 6.07) is 7.22. The number of aliphatic imine (C=N–C) groups is 1. The number of methoxy groups -OCH3 is 2. The molecule has 2 amide bonds. The fourth-order valence-electron chi connectivity index (χ4n) is 6.08. The average Bonchev–Trinajstić information content (AvgIpc) is 3.51. The molecule has 0 fully saturated rings. The molecule has 0 spiro atoms. The Bertz CT molecular complexity index is 1530. The number of benzene rings is 2. The maximum absolute atomic E-state index is 13.2. The van der Waals surface area contributed by atoms with Crippen molar-refractivity contribution in [2.24, 2.45) is 4.99 Å². The van der Waals surface area contributed by atoms with Gasteiger partial charge in [-0.15, -0.1) is 0 Å². The van der Waals surface area contributed by atoms with E-state index in [-0.39, 0.29) is 23.9 Å². The van der Waals surface area contributed by atoms with Gasteiger partial charge in [0.2, 0.25) is 0 Å². The molecule has 0 saturated heterocycles. The molecule has 1 N–H and O–H groups in total. The van der Waals surface area contributed by atoms with Crippen LogP contribution >= 0.6 is 0 Å². The molecule has 0 unspecified atom stereocenters. The highest BCUT2D eigenvalue weighted by atomic mass is 16.5. The van der Waals surface area contributed by atoms with Crippen molar-refractivity contribution in [3.8, 4) is 23.0 Å². The first-order valence-electron chi connectivity index (χ1n) is 14.8. The van der Waals surface area contributed by atoms with Crippen LogP contribution < -0.4 is 24.3 Å². The van der Waals surface area contributed by atoms with Gasteiger partial charge in [-0.25, -0.2) is 0 Å². The lowest BCUT2D eigenvalue weighted by atomic mass is 10.1. The molecule has 0 radical (unpaired) electrons. The molecule has 4 heterocycles. The van der Waals surface area contributed by atoms with Crippen molar-refractivity contribution >= 4 is 29.4 Å². The molecule has 4 aliphatic heterocycles. The van der Waals surface area contributed by atoms with Crippen LogP contribution in [0.4, 0.5) is 11.4 Å². The lowest BCUT2D eigenvalue weighted by Gasteiger charge is -2.20. The van der Waals surface area contributed by atoms with E-state index in [1.165, 1.54) is 5.57 Å². The van der Waals surface area contributed by atoms with Crippen LogP contribution in [0.2, 0.25) is 0 Å². The van der Waals surface area contributed by atoms with Crippen LogP contribution in [0, 0.1) is 0 Å². The predicted octanol–water partition coefficient (Wildman–Crippen LogP) is 5.71. The van der Waals surface area contributed by atoms with Crippen molar-refractivity contribution in [3.05, 3.63) is 58.9 Å². The number of anilines is 1. The number of hydrogen-bond acceptors (Lipinski definition) is 8. The standard InChI is InChI=1S/C33H38N4O6/c1-20-10-22-16-34-26-14-30(28(40-3)12-24(26)32(38)36(22)18-20)42-8-6-5-7-9-43-31-15-27-25(13-29(31)41-4)33(39)37-19-21(2)11-23(37)17-35-27/h12-16,18-19,22-23,35H,5-11,17H2,1-4H3/t22-,23-/m0/s1. The van der Waals surface area contributed by atoms with Gasteiger partial charge in [0.25, 0.3) is 11.8 Å². The van der Waals surface area contributed by atoms with Crippen LogP contribution in [-0.2, 0) is 0 Å². The van der Waals surface area contributed by atoms with Gasteiger partial charge in [-0.3, -0.25) is 14.6 Å². The Balaban J connectivity index is 1.02. The molecule has 2 aromatic carbocycles. The molecular weight excluding hydrogens is 548 g/mol. The molecular formula is C33H38N4O6. The number of ether oxygens (including phenoxy) is 4. The van der Waals surface area contributed by atoms with Crippen LogP contribution in [0.25, 0.3) is 0 Å². The van der Waals surface area contributed by atoms with Crippen molar-refractivity contribution in [3.63, 3.8) is 0 Å². The summed E-state index contributed by atoms with van der Waals surface area (Å²) >= 11 is 0. The van der Waals surface area contributed by atoms with E-state index < -0.39 is 0 Å². The maximum atomic E-state index is 13.2. The molecule has 2 atom stereocenters. The van der Waals surface area contributed by atoms with E-state index in [9.17, 15) is 9.59 Å². The zero-order valence-electron chi connectivity index (χ0n) is 25.1. The number of fused-ring (bicyclic) bond motifs is 4. The molecule has 0 aromatic heterocycles. The molecule has 2 aromatic rings. The molecule has 6 rings (SSSR count). The van der Waals surface area contributed by atoms with Gasteiger partial charge in [-0.05, 0) is 58.1 Å². The summed E-state index contributed by atoms with van der Waals surface area (Å²) in [4.78, 5) is 34.5. The summed E-state index contributed by atoms with van der Waals surface area (Å²) < 4.78 is 23.3. The third-order valence-corrected chi connectivity index (χ3v) is 8.29. The Morgan fingerprint density at radius 2 is 1.42 bits per heavy atom. The number of unbranched alkanes of at least 4 members (excludes halogenated alkanes) is 2. The van der Waals surface area contributed by atoms with Crippen LogP contribution in [0.3, 0.4) is 0 Å². The van der Waals surface area contributed by atoms with Crippen molar-refractivity contribution in [1.29, 1.82) is 0 Å². The van der Waals surface area contributed by atoms with Crippen LogP contribution in [0.5, 0.6) is 23.0 Å². The summed E-state index contributed by atoms with van der Waals surface area (Å²) in [5, 5.41) is 3.43. The molecule has 0 saturated carbocycles. The van der Waals surface area contributed by atoms with E-state index in [0.717, 1.165) is 43.4 Å². The third-order valence-electron chi connectivity index (χ3n) is 8.29. The second kappa shape index (κ2) is 12.0. The molecule has 10 heteroatoms. The Morgan fingerprint density at radius 3 is 2.14 bits per heavy atom. The summed E-state index contributed by atoms with van der Waals surface area (Å²) in [5.41, 5.74) is 4.81. The minimum absolute atomic E-state index is 0.0243. The Morgan fingerprint density at radius 1 is 0.791 bits per heavy atom. The maximum Gasteiger partial charge on any atom is 0.260 e. The molecule has 43 heavy (non-hydrogen) atoms. The van der Waals surface area contributed by atoms with Crippen LogP contribution in [-0.4, -0.2) is 73.9 Å². The van der Waals surface area contributed by atoms with Crippen molar-refractivity contribution in [2.45, 2.75) is 58.0 Å². The van der Waals surface area contributed by atoms with Gasteiger partial charge in [0, 0.05) is 37.3 Å². The van der Waals surface area contributed by atoms with Crippen molar-refractivity contribution < 1.29 is 28.5 Å². The minimum atomic E-state index is -0.0831. The van der Waals surface area contributed by atoms with E-state index in [1.807, 2.05) is 36.5 Å². The third kappa shape index (κ3) is 5.66. The Hall–Kier alpha value is -4.47. The fraction of sp³-hybridized carbons (Fsp3) is 0.424. The molecule has 0 aliphatic carbocycles. The smallest absolute Gasteiger partial charge is 0.260 e. The number of carbonyl (C=O) groups is 2. The highest BCUT2D eigenvalue weighted by molar-refractivity contribution is 6.04. The van der Waals surface area contributed by atoms with Gasteiger partial charge >= 0.3 is 0 Å². The van der Waals surface area contributed by atoms with Crippen LogP contribution in [0.1, 0.15) is 66.7 Å². The predicted molar refractivity (Wildman–Crippen MR) is 164 cm³/mol. The number of nitrogens with one attached hydrogen (secondary N) is 1. The molecule has 4 aliphatic rings. The first kappa shape index (κ1) is 28.6. The summed E-state index contributed by atoms with van der Waals surface area (Å²) in [5.74, 6) is 2.13. The zero-order chi connectivity index (χ0) is 30.1. The average molecular weight is 587 g/mol. The molecule has 0 bridgehead atoms. The number of hydrogen-bond donors (Lipinski definition) is 1. The lowest BCUT2D eigenvalue weighted by Crippen LogP contribution is -2.34. The lowest BCUT2D eigenvalue weighted by molar-refractivity contribution is 0.0793. The molecule has 10 nitrogen and oxygen atoms in total.